The smallest absolute Gasteiger partial charge is 0.208 e. The quantitative estimate of drug-likeness (QED) is 0.685. The molecule has 4 heterocycles. The van der Waals surface area contributed by atoms with Gasteiger partial charge in [-0.1, -0.05) is 11.3 Å². The fourth-order valence-electron chi connectivity index (χ4n) is 3.46. The largest absolute Gasteiger partial charge is 0.353 e. The number of piperazine rings is 1. The van der Waals surface area contributed by atoms with E-state index in [9.17, 15) is 0 Å². The summed E-state index contributed by atoms with van der Waals surface area (Å²) in [4.78, 5) is 13.5. The summed E-state index contributed by atoms with van der Waals surface area (Å²) in [6.07, 6.45) is 4.17. The van der Waals surface area contributed by atoms with Gasteiger partial charge in [-0.3, -0.25) is 0 Å². The van der Waals surface area contributed by atoms with E-state index in [0.29, 0.717) is 5.92 Å². The Balaban J connectivity index is 1.29. The molecule has 0 radical (unpaired) electrons. The Morgan fingerprint density at radius 1 is 0.926 bits per heavy atom. The number of nitrogens with zero attached hydrogens (tertiary/aromatic N) is 8. The van der Waals surface area contributed by atoms with Crippen LogP contribution in [-0.4, -0.2) is 56.1 Å². The fraction of sp³-hybridized carbons (Fsp3) is 0.500. The van der Waals surface area contributed by atoms with E-state index in [1.165, 1.54) is 17.8 Å². The minimum absolute atomic E-state index is 0.673. The minimum Gasteiger partial charge on any atom is -0.353 e. The molecule has 27 heavy (non-hydrogen) atoms. The maximum Gasteiger partial charge on any atom is 0.208 e. The fourth-order valence-corrected chi connectivity index (χ4v) is 4.53. The molecule has 0 aromatic carbocycles. The first-order valence-electron chi connectivity index (χ1n) is 9.36. The van der Waals surface area contributed by atoms with Crippen molar-refractivity contribution in [2.45, 2.75) is 32.6 Å². The zero-order valence-electron chi connectivity index (χ0n) is 15.5. The average molecular weight is 382 g/mol. The molecule has 8 nitrogen and oxygen atoms in total. The molecular formula is C18H22N8S. The zero-order valence-corrected chi connectivity index (χ0v) is 16.4. The summed E-state index contributed by atoms with van der Waals surface area (Å²) in [6, 6.07) is 4.07. The Labute approximate surface area is 161 Å². The van der Waals surface area contributed by atoms with Crippen LogP contribution in [0.2, 0.25) is 0 Å². The molecule has 0 unspecified atom stereocenters. The molecule has 9 heteroatoms. The molecule has 2 fully saturated rings. The van der Waals surface area contributed by atoms with Crippen LogP contribution in [0.5, 0.6) is 0 Å². The van der Waals surface area contributed by atoms with Gasteiger partial charge in [-0.25, -0.2) is 14.6 Å². The van der Waals surface area contributed by atoms with Gasteiger partial charge in [-0.05, 0) is 32.8 Å². The second kappa shape index (κ2) is 6.56. The molecule has 1 saturated carbocycles. The van der Waals surface area contributed by atoms with Crippen LogP contribution in [0.25, 0.3) is 5.82 Å². The van der Waals surface area contributed by atoms with Crippen LogP contribution >= 0.6 is 11.3 Å². The molecule has 0 bridgehead atoms. The van der Waals surface area contributed by atoms with Crippen molar-refractivity contribution in [3.05, 3.63) is 34.9 Å². The van der Waals surface area contributed by atoms with Gasteiger partial charge in [0.15, 0.2) is 5.82 Å². The molecule has 0 spiro atoms. The molecule has 0 atom stereocenters. The van der Waals surface area contributed by atoms with Crippen molar-refractivity contribution in [1.29, 1.82) is 0 Å². The van der Waals surface area contributed by atoms with Crippen LogP contribution in [0.3, 0.4) is 0 Å². The highest BCUT2D eigenvalue weighted by molar-refractivity contribution is 7.15. The highest BCUT2D eigenvalue weighted by Crippen LogP contribution is 2.42. The van der Waals surface area contributed by atoms with E-state index < -0.39 is 0 Å². The summed E-state index contributed by atoms with van der Waals surface area (Å²) in [5.41, 5.74) is 2.06. The maximum atomic E-state index is 4.53. The summed E-state index contributed by atoms with van der Waals surface area (Å²) in [7, 11) is 0. The molecule has 1 saturated heterocycles. The van der Waals surface area contributed by atoms with Gasteiger partial charge < -0.3 is 9.80 Å². The number of rotatable bonds is 4. The Bertz CT molecular complexity index is 952. The third kappa shape index (κ3) is 3.27. The van der Waals surface area contributed by atoms with Crippen molar-refractivity contribution in [3.63, 3.8) is 0 Å². The predicted molar refractivity (Wildman–Crippen MR) is 105 cm³/mol. The third-order valence-electron chi connectivity index (χ3n) is 5.10. The van der Waals surface area contributed by atoms with Crippen molar-refractivity contribution in [2.24, 2.45) is 0 Å². The molecule has 0 amide bonds. The number of anilines is 2. The molecule has 140 valence electrons. The normalized spacial score (nSPS) is 17.6. The summed E-state index contributed by atoms with van der Waals surface area (Å²) in [6.45, 7) is 7.71. The standard InChI is InChI=1S/C18H22N8S/c1-12-9-13(2)26(23-12)16-10-15(19-11-20-16)24-5-7-25(8-6-24)18-22-21-17(27-18)14-3-4-14/h9-11,14H,3-8H2,1-2H3. The molecule has 1 aliphatic heterocycles. The highest BCUT2D eigenvalue weighted by Gasteiger charge is 2.29. The lowest BCUT2D eigenvalue weighted by Crippen LogP contribution is -2.46. The molecule has 3 aromatic heterocycles. The minimum atomic E-state index is 0.673. The SMILES string of the molecule is Cc1cc(C)n(-c2cc(N3CCN(c4nnc(C5CC5)s4)CC3)ncn2)n1. The van der Waals surface area contributed by atoms with Crippen LogP contribution in [0.15, 0.2) is 18.5 Å². The van der Waals surface area contributed by atoms with E-state index in [-0.39, 0.29) is 0 Å². The van der Waals surface area contributed by atoms with Gasteiger partial charge in [-0.15, -0.1) is 10.2 Å². The Morgan fingerprint density at radius 3 is 2.37 bits per heavy atom. The van der Waals surface area contributed by atoms with Gasteiger partial charge in [0.1, 0.15) is 17.2 Å². The van der Waals surface area contributed by atoms with Crippen LogP contribution in [0.4, 0.5) is 10.9 Å². The Kier molecular flexibility index (Phi) is 4.04. The van der Waals surface area contributed by atoms with Gasteiger partial charge >= 0.3 is 0 Å². The van der Waals surface area contributed by atoms with Gasteiger partial charge in [0.05, 0.1) is 5.69 Å². The van der Waals surface area contributed by atoms with Crippen LogP contribution in [-0.2, 0) is 0 Å². The zero-order chi connectivity index (χ0) is 18.4. The van der Waals surface area contributed by atoms with Crippen LogP contribution < -0.4 is 9.80 Å². The predicted octanol–water partition coefficient (Wildman–Crippen LogP) is 2.33. The Morgan fingerprint density at radius 2 is 1.67 bits per heavy atom. The second-order valence-corrected chi connectivity index (χ2v) is 8.23. The van der Waals surface area contributed by atoms with E-state index in [1.807, 2.05) is 24.6 Å². The summed E-state index contributed by atoms with van der Waals surface area (Å²) < 4.78 is 1.87. The van der Waals surface area contributed by atoms with E-state index in [0.717, 1.165) is 54.3 Å². The molecule has 2 aliphatic rings. The van der Waals surface area contributed by atoms with E-state index in [2.05, 4.69) is 41.1 Å². The lowest BCUT2D eigenvalue weighted by atomic mass is 10.3. The molecule has 3 aromatic rings. The topological polar surface area (TPSA) is 75.9 Å². The number of aromatic nitrogens is 6. The van der Waals surface area contributed by atoms with Crippen molar-refractivity contribution in [2.75, 3.05) is 36.0 Å². The van der Waals surface area contributed by atoms with Crippen LogP contribution in [0, 0.1) is 13.8 Å². The molecule has 1 aliphatic carbocycles. The van der Waals surface area contributed by atoms with Gasteiger partial charge in [-0.2, -0.15) is 5.10 Å². The van der Waals surface area contributed by atoms with Crippen LogP contribution in [0.1, 0.15) is 35.2 Å². The summed E-state index contributed by atoms with van der Waals surface area (Å²) in [5, 5.41) is 15.6. The lowest BCUT2D eigenvalue weighted by molar-refractivity contribution is 0.642. The highest BCUT2D eigenvalue weighted by atomic mass is 32.1. The average Bonchev–Trinajstić information content (AvgIpc) is 3.32. The lowest BCUT2D eigenvalue weighted by Gasteiger charge is -2.35. The first-order valence-corrected chi connectivity index (χ1v) is 10.2. The second-order valence-electron chi connectivity index (χ2n) is 7.24. The van der Waals surface area contributed by atoms with E-state index in [4.69, 9.17) is 0 Å². The number of hydrogen-bond donors (Lipinski definition) is 0. The van der Waals surface area contributed by atoms with Crippen molar-refractivity contribution < 1.29 is 0 Å². The van der Waals surface area contributed by atoms with E-state index >= 15 is 0 Å². The molecule has 5 rings (SSSR count). The number of hydrogen-bond acceptors (Lipinski definition) is 8. The van der Waals surface area contributed by atoms with Crippen molar-refractivity contribution in [1.82, 2.24) is 29.9 Å². The first-order chi connectivity index (χ1) is 13.2. The summed E-state index contributed by atoms with van der Waals surface area (Å²) >= 11 is 1.76. The van der Waals surface area contributed by atoms with Crippen molar-refractivity contribution >= 4 is 22.3 Å². The van der Waals surface area contributed by atoms with Gasteiger partial charge in [0.25, 0.3) is 0 Å². The first kappa shape index (κ1) is 16.6. The molecular weight excluding hydrogens is 360 g/mol. The third-order valence-corrected chi connectivity index (χ3v) is 6.24. The number of aryl methyl sites for hydroxylation is 2. The van der Waals surface area contributed by atoms with Gasteiger partial charge in [0.2, 0.25) is 5.13 Å². The Hall–Kier alpha value is -2.55. The van der Waals surface area contributed by atoms with E-state index in [1.54, 1.807) is 17.7 Å². The van der Waals surface area contributed by atoms with Crippen molar-refractivity contribution in [3.8, 4) is 5.82 Å². The van der Waals surface area contributed by atoms with Gasteiger partial charge in [0, 0.05) is 43.9 Å². The summed E-state index contributed by atoms with van der Waals surface area (Å²) in [5.74, 6) is 2.43. The molecule has 0 N–H and O–H groups in total. The monoisotopic (exact) mass is 382 g/mol. The maximum absolute atomic E-state index is 4.53.